The minimum absolute atomic E-state index is 0.0230. The molecule has 0 N–H and O–H groups in total. The Labute approximate surface area is 137 Å². The predicted molar refractivity (Wildman–Crippen MR) is 91.6 cm³/mol. The summed E-state index contributed by atoms with van der Waals surface area (Å²) in [4.78, 5) is 22.6. The molecule has 0 saturated carbocycles. The number of ketones is 2. The molecule has 120 valence electrons. The highest BCUT2D eigenvalue weighted by molar-refractivity contribution is 6.66. The molecule has 23 heavy (non-hydrogen) atoms. The van der Waals surface area contributed by atoms with Gasteiger partial charge in [0.1, 0.15) is 11.5 Å². The number of hydrogen-bond donors (Lipinski definition) is 0. The third-order valence-electron chi connectivity index (χ3n) is 3.25. The normalized spacial score (nSPS) is 11.0. The minimum atomic E-state index is -2.44. The summed E-state index contributed by atoms with van der Waals surface area (Å²) in [7, 11) is -2.44. The van der Waals surface area contributed by atoms with Crippen molar-refractivity contribution in [3.8, 4) is 11.5 Å². The maximum absolute atomic E-state index is 11.3. The minimum Gasteiger partial charge on any atom is -0.512 e. The lowest BCUT2D eigenvalue weighted by molar-refractivity contribution is 0.100. The average molecular weight is 328 g/mol. The lowest BCUT2D eigenvalue weighted by Gasteiger charge is -2.24. The fraction of sp³-hybridized carbons (Fsp3) is 0.222. The van der Waals surface area contributed by atoms with E-state index in [1.165, 1.54) is 13.8 Å². The van der Waals surface area contributed by atoms with Crippen molar-refractivity contribution in [2.75, 3.05) is 0 Å². The standard InChI is InChI=1S/C18H20O4Si/c1-13(19)15-5-9-17(10-6-15)21-23(3,4)22-18-11-7-16(8-12-18)14(2)20/h5-12H,1-4H3. The van der Waals surface area contributed by atoms with Gasteiger partial charge < -0.3 is 8.85 Å². The van der Waals surface area contributed by atoms with E-state index >= 15 is 0 Å². The molecule has 0 fully saturated rings. The zero-order valence-electron chi connectivity index (χ0n) is 13.8. The molecule has 0 radical (unpaired) electrons. The van der Waals surface area contributed by atoms with Crippen molar-refractivity contribution in [3.05, 3.63) is 59.7 Å². The highest BCUT2D eigenvalue weighted by atomic mass is 28.4. The van der Waals surface area contributed by atoms with E-state index in [1.54, 1.807) is 48.5 Å². The maximum atomic E-state index is 11.3. The molecule has 0 aliphatic carbocycles. The predicted octanol–water partition coefficient (Wildman–Crippen LogP) is 4.25. The van der Waals surface area contributed by atoms with Gasteiger partial charge in [-0.2, -0.15) is 0 Å². The highest BCUT2D eigenvalue weighted by Crippen LogP contribution is 2.21. The van der Waals surface area contributed by atoms with Crippen LogP contribution in [0, 0.1) is 0 Å². The van der Waals surface area contributed by atoms with Crippen LogP contribution in [-0.2, 0) is 0 Å². The third kappa shape index (κ3) is 4.79. The molecule has 0 spiro atoms. The van der Waals surface area contributed by atoms with Gasteiger partial charge in [-0.05, 0) is 62.4 Å². The molecule has 0 atom stereocenters. The van der Waals surface area contributed by atoms with E-state index in [4.69, 9.17) is 8.85 Å². The molecule has 2 aromatic carbocycles. The first kappa shape index (κ1) is 17.0. The Balaban J connectivity index is 2.06. The zero-order valence-corrected chi connectivity index (χ0v) is 14.8. The first-order valence-electron chi connectivity index (χ1n) is 7.37. The summed E-state index contributed by atoms with van der Waals surface area (Å²) in [5, 5.41) is 0. The van der Waals surface area contributed by atoms with Crippen molar-refractivity contribution in [2.24, 2.45) is 0 Å². The van der Waals surface area contributed by atoms with E-state index in [2.05, 4.69) is 0 Å². The van der Waals surface area contributed by atoms with E-state index in [0.29, 0.717) is 22.6 Å². The summed E-state index contributed by atoms with van der Waals surface area (Å²) in [5.41, 5.74) is 1.30. The maximum Gasteiger partial charge on any atom is 0.454 e. The molecule has 5 heteroatoms. The molecular weight excluding hydrogens is 308 g/mol. The second-order valence-electron chi connectivity index (χ2n) is 5.77. The molecule has 0 saturated heterocycles. The van der Waals surface area contributed by atoms with E-state index in [-0.39, 0.29) is 11.6 Å². The van der Waals surface area contributed by atoms with Gasteiger partial charge in [0.2, 0.25) is 0 Å². The Morgan fingerprint density at radius 2 is 1.00 bits per heavy atom. The van der Waals surface area contributed by atoms with Gasteiger partial charge in [0, 0.05) is 24.2 Å². The van der Waals surface area contributed by atoms with E-state index < -0.39 is 8.56 Å². The van der Waals surface area contributed by atoms with Gasteiger partial charge in [-0.3, -0.25) is 9.59 Å². The van der Waals surface area contributed by atoms with Crippen LogP contribution in [0.4, 0.5) is 0 Å². The second-order valence-corrected chi connectivity index (χ2v) is 8.97. The van der Waals surface area contributed by atoms with Gasteiger partial charge in [0.05, 0.1) is 0 Å². The molecule has 0 aliphatic heterocycles. The largest absolute Gasteiger partial charge is 0.512 e. The lowest BCUT2D eigenvalue weighted by Crippen LogP contribution is -2.41. The first-order chi connectivity index (χ1) is 10.8. The SMILES string of the molecule is CC(=O)c1ccc(O[Si](C)(C)Oc2ccc(C(C)=O)cc2)cc1. The van der Waals surface area contributed by atoms with Gasteiger partial charge in [-0.1, -0.05) is 0 Å². The zero-order chi connectivity index (χ0) is 17.0. The Hall–Kier alpha value is -2.40. The second kappa shape index (κ2) is 6.79. The van der Waals surface area contributed by atoms with Crippen LogP contribution in [0.2, 0.25) is 13.1 Å². The number of Topliss-reactive ketones (excluding diaryl/α,β-unsaturated/α-hetero) is 2. The van der Waals surface area contributed by atoms with Crippen LogP contribution < -0.4 is 8.85 Å². The number of rotatable bonds is 6. The Bertz CT molecular complexity index is 641. The molecular formula is C18H20O4Si. The van der Waals surface area contributed by atoms with Crippen LogP contribution in [0.15, 0.2) is 48.5 Å². The summed E-state index contributed by atoms with van der Waals surface area (Å²) >= 11 is 0. The smallest absolute Gasteiger partial charge is 0.454 e. The van der Waals surface area contributed by atoms with Crippen molar-refractivity contribution in [2.45, 2.75) is 26.9 Å². The van der Waals surface area contributed by atoms with Gasteiger partial charge in [0.15, 0.2) is 11.6 Å². The summed E-state index contributed by atoms with van der Waals surface area (Å²) in [6.07, 6.45) is 0. The van der Waals surface area contributed by atoms with Crippen LogP contribution in [-0.4, -0.2) is 20.1 Å². The first-order valence-corrected chi connectivity index (χ1v) is 10.2. The highest BCUT2D eigenvalue weighted by Gasteiger charge is 2.29. The number of carbonyl (C=O) groups is 2. The third-order valence-corrected chi connectivity index (χ3v) is 4.70. The van der Waals surface area contributed by atoms with Gasteiger partial charge in [-0.25, -0.2) is 0 Å². The van der Waals surface area contributed by atoms with Crippen LogP contribution >= 0.6 is 0 Å². The molecule has 4 nitrogen and oxygen atoms in total. The summed E-state index contributed by atoms with van der Waals surface area (Å²) in [5.74, 6) is 1.39. The molecule has 2 rings (SSSR count). The van der Waals surface area contributed by atoms with Crippen molar-refractivity contribution in [1.82, 2.24) is 0 Å². The molecule has 0 unspecified atom stereocenters. The quantitative estimate of drug-likeness (QED) is 0.587. The van der Waals surface area contributed by atoms with Crippen molar-refractivity contribution < 1.29 is 18.4 Å². The van der Waals surface area contributed by atoms with Crippen molar-refractivity contribution in [1.29, 1.82) is 0 Å². The summed E-state index contributed by atoms with van der Waals surface area (Å²) < 4.78 is 11.9. The molecule has 0 bridgehead atoms. The molecule has 0 aliphatic rings. The van der Waals surface area contributed by atoms with E-state index in [1.807, 2.05) is 13.1 Å². The van der Waals surface area contributed by atoms with Gasteiger partial charge in [-0.15, -0.1) is 0 Å². The lowest BCUT2D eigenvalue weighted by atomic mass is 10.1. The van der Waals surface area contributed by atoms with Crippen LogP contribution in [0.3, 0.4) is 0 Å². The average Bonchev–Trinajstić information content (AvgIpc) is 2.47. The van der Waals surface area contributed by atoms with Crippen molar-refractivity contribution in [3.63, 3.8) is 0 Å². The van der Waals surface area contributed by atoms with E-state index in [9.17, 15) is 9.59 Å². The van der Waals surface area contributed by atoms with E-state index in [0.717, 1.165) is 0 Å². The Kier molecular flexibility index (Phi) is 5.01. The number of carbonyl (C=O) groups excluding carboxylic acids is 2. The fourth-order valence-corrected chi connectivity index (χ4v) is 3.55. The number of benzene rings is 2. The molecule has 0 amide bonds. The fourth-order valence-electron chi connectivity index (χ4n) is 2.10. The summed E-state index contributed by atoms with van der Waals surface area (Å²) in [6.45, 7) is 6.93. The molecule has 0 heterocycles. The van der Waals surface area contributed by atoms with Crippen LogP contribution in [0.25, 0.3) is 0 Å². The van der Waals surface area contributed by atoms with Crippen LogP contribution in [0.1, 0.15) is 34.6 Å². The molecule has 0 aromatic heterocycles. The molecule has 2 aromatic rings. The number of hydrogen-bond acceptors (Lipinski definition) is 4. The summed E-state index contributed by atoms with van der Waals surface area (Å²) in [6, 6.07) is 14.0. The van der Waals surface area contributed by atoms with Crippen LogP contribution in [0.5, 0.6) is 11.5 Å². The van der Waals surface area contributed by atoms with Gasteiger partial charge in [0.25, 0.3) is 0 Å². The monoisotopic (exact) mass is 328 g/mol. The Morgan fingerprint density at radius 1 is 0.696 bits per heavy atom. The Morgan fingerprint density at radius 3 is 1.26 bits per heavy atom. The topological polar surface area (TPSA) is 52.6 Å². The van der Waals surface area contributed by atoms with Gasteiger partial charge >= 0.3 is 8.56 Å². The van der Waals surface area contributed by atoms with Crippen molar-refractivity contribution >= 4 is 20.1 Å².